The van der Waals surface area contributed by atoms with Crippen LogP contribution in [0.4, 0.5) is 0 Å². The maximum atomic E-state index is 10.9. The van der Waals surface area contributed by atoms with Crippen molar-refractivity contribution in [1.82, 2.24) is 19.7 Å². The topological polar surface area (TPSA) is 89.9 Å². The first-order valence-corrected chi connectivity index (χ1v) is 8.14. The normalized spacial score (nSPS) is 12.0. The lowest BCUT2D eigenvalue weighted by molar-refractivity contribution is 0.325. The smallest absolute Gasteiger partial charge is 0.264 e. The maximum Gasteiger partial charge on any atom is 0.264 e. The summed E-state index contributed by atoms with van der Waals surface area (Å²) in [7, 11) is -3.39. The number of rotatable bonds is 5. The van der Waals surface area contributed by atoms with Crippen LogP contribution in [0.15, 0.2) is 36.9 Å². The standard InChI is InChI=1S/C13H14N4O3S/c1-21(18,19)20-5-4-11-6-10-7-12(2-3-13(10)16-11)17-8-14-15-9-17/h2-3,6-9,16H,4-5H2,1H3. The highest BCUT2D eigenvalue weighted by atomic mass is 32.2. The predicted molar refractivity (Wildman–Crippen MR) is 77.7 cm³/mol. The van der Waals surface area contributed by atoms with Crippen LogP contribution in [0.5, 0.6) is 0 Å². The molecule has 0 atom stereocenters. The average molecular weight is 306 g/mol. The molecule has 21 heavy (non-hydrogen) atoms. The van der Waals surface area contributed by atoms with Crippen LogP contribution in [0.25, 0.3) is 16.6 Å². The SMILES string of the molecule is CS(=O)(=O)OCCc1cc2cc(-n3cnnc3)ccc2[nH]1. The van der Waals surface area contributed by atoms with E-state index in [4.69, 9.17) is 4.18 Å². The van der Waals surface area contributed by atoms with Gasteiger partial charge in [0, 0.05) is 28.7 Å². The number of benzene rings is 1. The Hall–Kier alpha value is -2.19. The van der Waals surface area contributed by atoms with E-state index in [1.165, 1.54) is 0 Å². The molecule has 0 aliphatic rings. The van der Waals surface area contributed by atoms with Crippen molar-refractivity contribution in [2.45, 2.75) is 6.42 Å². The minimum atomic E-state index is -3.39. The zero-order valence-electron chi connectivity index (χ0n) is 11.4. The van der Waals surface area contributed by atoms with Gasteiger partial charge in [0.1, 0.15) is 12.7 Å². The monoisotopic (exact) mass is 306 g/mol. The fraction of sp³-hybridized carbons (Fsp3) is 0.231. The van der Waals surface area contributed by atoms with Crippen LogP contribution >= 0.6 is 0 Å². The molecule has 3 aromatic rings. The van der Waals surface area contributed by atoms with E-state index in [1.807, 2.05) is 28.8 Å². The summed E-state index contributed by atoms with van der Waals surface area (Å²) < 4.78 is 28.4. The summed E-state index contributed by atoms with van der Waals surface area (Å²) >= 11 is 0. The van der Waals surface area contributed by atoms with Gasteiger partial charge in [0.05, 0.1) is 12.9 Å². The molecule has 0 saturated carbocycles. The van der Waals surface area contributed by atoms with E-state index in [-0.39, 0.29) is 6.61 Å². The molecular weight excluding hydrogens is 292 g/mol. The molecule has 0 spiro atoms. The molecule has 0 fully saturated rings. The van der Waals surface area contributed by atoms with Gasteiger partial charge in [-0.15, -0.1) is 10.2 Å². The van der Waals surface area contributed by atoms with Crippen LogP contribution in [0.2, 0.25) is 0 Å². The number of H-pyrrole nitrogens is 1. The van der Waals surface area contributed by atoms with E-state index in [1.54, 1.807) is 12.7 Å². The van der Waals surface area contributed by atoms with Gasteiger partial charge in [-0.2, -0.15) is 8.42 Å². The molecule has 1 N–H and O–H groups in total. The van der Waals surface area contributed by atoms with Crippen molar-refractivity contribution in [1.29, 1.82) is 0 Å². The Morgan fingerprint density at radius 2 is 2.00 bits per heavy atom. The summed E-state index contributed by atoms with van der Waals surface area (Å²) in [6, 6.07) is 7.91. The highest BCUT2D eigenvalue weighted by Crippen LogP contribution is 2.19. The lowest BCUT2D eigenvalue weighted by atomic mass is 10.2. The average Bonchev–Trinajstić information content (AvgIpc) is 3.05. The number of fused-ring (bicyclic) bond motifs is 1. The lowest BCUT2D eigenvalue weighted by Gasteiger charge is -2.00. The van der Waals surface area contributed by atoms with Crippen LogP contribution in [0.1, 0.15) is 5.69 Å². The van der Waals surface area contributed by atoms with Crippen molar-refractivity contribution >= 4 is 21.0 Å². The van der Waals surface area contributed by atoms with Gasteiger partial charge in [-0.25, -0.2) is 0 Å². The summed E-state index contributed by atoms with van der Waals surface area (Å²) in [5.41, 5.74) is 2.88. The lowest BCUT2D eigenvalue weighted by Crippen LogP contribution is -2.06. The first-order chi connectivity index (χ1) is 10.0. The van der Waals surface area contributed by atoms with Crippen LogP contribution in [-0.2, 0) is 20.7 Å². The summed E-state index contributed by atoms with van der Waals surface area (Å²) in [5, 5.41) is 8.60. The van der Waals surface area contributed by atoms with Crippen molar-refractivity contribution in [2.24, 2.45) is 0 Å². The summed E-state index contributed by atoms with van der Waals surface area (Å²) in [6.07, 6.45) is 4.82. The fourth-order valence-electron chi connectivity index (χ4n) is 2.11. The molecule has 3 rings (SSSR count). The van der Waals surface area contributed by atoms with E-state index in [0.29, 0.717) is 6.42 Å². The molecule has 2 aromatic heterocycles. The summed E-state index contributed by atoms with van der Waals surface area (Å²) in [6.45, 7) is 0.129. The van der Waals surface area contributed by atoms with E-state index < -0.39 is 10.1 Å². The van der Waals surface area contributed by atoms with Gasteiger partial charge < -0.3 is 4.98 Å². The van der Waals surface area contributed by atoms with E-state index in [9.17, 15) is 8.42 Å². The van der Waals surface area contributed by atoms with Crippen LogP contribution in [-0.4, -0.2) is 41.0 Å². The Morgan fingerprint density at radius 1 is 1.24 bits per heavy atom. The number of aromatic amines is 1. The largest absolute Gasteiger partial charge is 0.358 e. The zero-order chi connectivity index (χ0) is 14.9. The van der Waals surface area contributed by atoms with Crippen molar-refractivity contribution in [3.05, 3.63) is 42.6 Å². The number of hydrogen-bond donors (Lipinski definition) is 1. The molecule has 0 unspecified atom stereocenters. The van der Waals surface area contributed by atoms with Gasteiger partial charge in [-0.1, -0.05) is 0 Å². The molecule has 0 amide bonds. The second kappa shape index (κ2) is 5.30. The molecular formula is C13H14N4O3S. The molecule has 110 valence electrons. The quantitative estimate of drug-likeness (QED) is 0.717. The van der Waals surface area contributed by atoms with Crippen molar-refractivity contribution in [2.75, 3.05) is 12.9 Å². The Kier molecular flexibility index (Phi) is 3.48. The predicted octanol–water partition coefficient (Wildman–Crippen LogP) is 1.27. The molecule has 0 radical (unpaired) electrons. The van der Waals surface area contributed by atoms with Gasteiger partial charge in [0.2, 0.25) is 0 Å². The molecule has 7 nitrogen and oxygen atoms in total. The minimum Gasteiger partial charge on any atom is -0.358 e. The number of hydrogen-bond acceptors (Lipinski definition) is 5. The first kappa shape index (κ1) is 13.8. The Labute approximate surface area is 121 Å². The van der Waals surface area contributed by atoms with Gasteiger partial charge >= 0.3 is 0 Å². The van der Waals surface area contributed by atoms with Crippen LogP contribution in [0.3, 0.4) is 0 Å². The second-order valence-electron chi connectivity index (χ2n) is 4.71. The maximum absolute atomic E-state index is 10.9. The third-order valence-corrected chi connectivity index (χ3v) is 3.64. The van der Waals surface area contributed by atoms with Crippen LogP contribution < -0.4 is 0 Å². The number of nitrogens with one attached hydrogen (secondary N) is 1. The highest BCUT2D eigenvalue weighted by molar-refractivity contribution is 7.85. The zero-order valence-corrected chi connectivity index (χ0v) is 12.2. The number of nitrogens with zero attached hydrogens (tertiary/aromatic N) is 3. The number of aromatic nitrogens is 4. The Morgan fingerprint density at radius 3 is 2.71 bits per heavy atom. The Balaban J connectivity index is 1.80. The molecule has 2 heterocycles. The summed E-state index contributed by atoms with van der Waals surface area (Å²) in [5.74, 6) is 0. The van der Waals surface area contributed by atoms with E-state index >= 15 is 0 Å². The third-order valence-electron chi connectivity index (χ3n) is 3.05. The molecule has 0 bridgehead atoms. The molecule has 8 heteroatoms. The Bertz CT molecular complexity index is 853. The molecule has 1 aromatic carbocycles. The van der Waals surface area contributed by atoms with Gasteiger partial charge in [-0.05, 0) is 24.3 Å². The van der Waals surface area contributed by atoms with E-state index in [0.717, 1.165) is 28.5 Å². The first-order valence-electron chi connectivity index (χ1n) is 6.32. The minimum absolute atomic E-state index is 0.129. The van der Waals surface area contributed by atoms with Crippen molar-refractivity contribution in [3.63, 3.8) is 0 Å². The second-order valence-corrected chi connectivity index (χ2v) is 6.36. The summed E-state index contributed by atoms with van der Waals surface area (Å²) in [4.78, 5) is 3.24. The van der Waals surface area contributed by atoms with E-state index in [2.05, 4.69) is 15.2 Å². The molecule has 0 aliphatic carbocycles. The van der Waals surface area contributed by atoms with Crippen molar-refractivity contribution in [3.8, 4) is 5.69 Å². The highest BCUT2D eigenvalue weighted by Gasteiger charge is 2.06. The van der Waals surface area contributed by atoms with Gasteiger partial charge in [-0.3, -0.25) is 8.75 Å². The van der Waals surface area contributed by atoms with Crippen molar-refractivity contribution < 1.29 is 12.6 Å². The molecule has 0 aliphatic heterocycles. The van der Waals surface area contributed by atoms with Gasteiger partial charge in [0.15, 0.2) is 0 Å². The fourth-order valence-corrected chi connectivity index (χ4v) is 2.50. The van der Waals surface area contributed by atoms with Crippen LogP contribution in [0, 0.1) is 0 Å². The molecule has 0 saturated heterocycles. The third kappa shape index (κ3) is 3.29. The van der Waals surface area contributed by atoms with Gasteiger partial charge in [0.25, 0.3) is 10.1 Å².